The van der Waals surface area contributed by atoms with Crippen LogP contribution >= 0.6 is 0 Å². The summed E-state index contributed by atoms with van der Waals surface area (Å²) in [6.45, 7) is 4.73. The highest BCUT2D eigenvalue weighted by atomic mass is 16.5. The molecule has 0 saturated carbocycles. The van der Waals surface area contributed by atoms with Crippen molar-refractivity contribution >= 4 is 17.3 Å². The standard InChI is InChI=1S/C14H20N6O2/c1-8-9(2)18-20-7-15-17-13(20)12(8)16-10-5-11(14(21)22-4)19(3)6-10/h7,10-11,16H,5-6H2,1-4H3/t10-,11+/m1/s1. The number of anilines is 1. The number of hydrogen-bond acceptors (Lipinski definition) is 7. The molecule has 2 aromatic heterocycles. The summed E-state index contributed by atoms with van der Waals surface area (Å²) in [6, 6.07) is -0.0604. The molecule has 1 aliphatic rings. The van der Waals surface area contributed by atoms with E-state index >= 15 is 0 Å². The first kappa shape index (κ1) is 14.7. The molecule has 0 unspecified atom stereocenters. The van der Waals surface area contributed by atoms with Gasteiger partial charge in [0, 0.05) is 12.6 Å². The van der Waals surface area contributed by atoms with Crippen LogP contribution in [-0.4, -0.2) is 63.5 Å². The van der Waals surface area contributed by atoms with Crippen molar-refractivity contribution in [3.05, 3.63) is 17.6 Å². The fourth-order valence-corrected chi connectivity index (χ4v) is 2.95. The molecule has 0 spiro atoms. The maximum absolute atomic E-state index is 11.8. The third-order valence-corrected chi connectivity index (χ3v) is 4.30. The predicted molar refractivity (Wildman–Crippen MR) is 80.7 cm³/mol. The highest BCUT2D eigenvalue weighted by Gasteiger charge is 2.35. The van der Waals surface area contributed by atoms with Crippen LogP contribution in [0.4, 0.5) is 5.69 Å². The molecular formula is C14H20N6O2. The van der Waals surface area contributed by atoms with E-state index in [0.717, 1.165) is 23.5 Å². The van der Waals surface area contributed by atoms with Crippen molar-refractivity contribution in [2.75, 3.05) is 26.0 Å². The van der Waals surface area contributed by atoms with Gasteiger partial charge in [0.1, 0.15) is 12.4 Å². The molecule has 8 nitrogen and oxygen atoms in total. The molecule has 1 aliphatic heterocycles. The van der Waals surface area contributed by atoms with Gasteiger partial charge < -0.3 is 10.1 Å². The van der Waals surface area contributed by atoms with Crippen molar-refractivity contribution < 1.29 is 9.53 Å². The Morgan fingerprint density at radius 1 is 1.45 bits per heavy atom. The summed E-state index contributed by atoms with van der Waals surface area (Å²) in [4.78, 5) is 13.8. The maximum atomic E-state index is 11.8. The van der Waals surface area contributed by atoms with E-state index in [4.69, 9.17) is 4.74 Å². The van der Waals surface area contributed by atoms with Gasteiger partial charge in [-0.3, -0.25) is 9.69 Å². The minimum atomic E-state index is -0.209. The van der Waals surface area contributed by atoms with Gasteiger partial charge in [0.25, 0.3) is 0 Å². The van der Waals surface area contributed by atoms with Crippen LogP contribution in [0.25, 0.3) is 5.65 Å². The fraction of sp³-hybridized carbons (Fsp3) is 0.571. The lowest BCUT2D eigenvalue weighted by atomic mass is 10.1. The minimum absolute atomic E-state index is 0.148. The van der Waals surface area contributed by atoms with Crippen LogP contribution in [0.3, 0.4) is 0 Å². The van der Waals surface area contributed by atoms with E-state index in [1.165, 1.54) is 7.11 Å². The van der Waals surface area contributed by atoms with Crippen LogP contribution < -0.4 is 5.32 Å². The second kappa shape index (κ2) is 5.53. The number of hydrogen-bond donors (Lipinski definition) is 1. The van der Waals surface area contributed by atoms with Crippen LogP contribution in [0.2, 0.25) is 0 Å². The SMILES string of the molecule is COC(=O)[C@@H]1C[C@@H](Nc2c(C)c(C)nn3cnnc23)CN1C. The Labute approximate surface area is 128 Å². The van der Waals surface area contributed by atoms with Crippen molar-refractivity contribution in [3.63, 3.8) is 0 Å². The van der Waals surface area contributed by atoms with Gasteiger partial charge in [-0.25, -0.2) is 0 Å². The van der Waals surface area contributed by atoms with Crippen molar-refractivity contribution in [1.82, 2.24) is 24.7 Å². The highest BCUT2D eigenvalue weighted by molar-refractivity contribution is 5.77. The number of ether oxygens (including phenoxy) is 1. The van der Waals surface area contributed by atoms with E-state index in [-0.39, 0.29) is 18.1 Å². The average Bonchev–Trinajstić information content (AvgIpc) is 3.09. The molecule has 0 bridgehead atoms. The van der Waals surface area contributed by atoms with Gasteiger partial charge >= 0.3 is 5.97 Å². The molecule has 0 radical (unpaired) electrons. The molecular weight excluding hydrogens is 284 g/mol. The zero-order valence-corrected chi connectivity index (χ0v) is 13.2. The molecule has 0 aromatic carbocycles. The zero-order valence-electron chi connectivity index (χ0n) is 13.2. The molecule has 8 heteroatoms. The Bertz CT molecular complexity index is 713. The Kier molecular flexibility index (Phi) is 3.69. The van der Waals surface area contributed by atoms with Gasteiger partial charge in [-0.2, -0.15) is 9.61 Å². The number of likely N-dealkylation sites (tertiary alicyclic amines) is 1. The van der Waals surface area contributed by atoms with E-state index in [1.807, 2.05) is 25.8 Å². The number of likely N-dealkylation sites (N-methyl/N-ethyl adjacent to an activating group) is 1. The highest BCUT2D eigenvalue weighted by Crippen LogP contribution is 2.26. The van der Waals surface area contributed by atoms with Gasteiger partial charge in [0.05, 0.1) is 18.5 Å². The summed E-state index contributed by atoms with van der Waals surface area (Å²) in [6.07, 6.45) is 2.29. The van der Waals surface area contributed by atoms with Gasteiger partial charge in [0.15, 0.2) is 0 Å². The Hall–Kier alpha value is -2.22. The summed E-state index contributed by atoms with van der Waals surface area (Å²) >= 11 is 0. The lowest BCUT2D eigenvalue weighted by Gasteiger charge is -2.17. The minimum Gasteiger partial charge on any atom is -0.468 e. The monoisotopic (exact) mass is 304 g/mol. The van der Waals surface area contributed by atoms with E-state index in [1.54, 1.807) is 10.8 Å². The lowest BCUT2D eigenvalue weighted by molar-refractivity contribution is -0.145. The number of aryl methyl sites for hydroxylation is 1. The summed E-state index contributed by atoms with van der Waals surface area (Å²) in [5, 5.41) is 16.0. The van der Waals surface area contributed by atoms with E-state index < -0.39 is 0 Å². The number of rotatable bonds is 3. The quantitative estimate of drug-likeness (QED) is 0.821. The van der Waals surface area contributed by atoms with Gasteiger partial charge in [-0.1, -0.05) is 0 Å². The number of carbonyl (C=O) groups is 1. The molecule has 3 heterocycles. The van der Waals surface area contributed by atoms with E-state index in [0.29, 0.717) is 12.1 Å². The van der Waals surface area contributed by atoms with Crippen molar-refractivity contribution in [3.8, 4) is 0 Å². The first-order chi connectivity index (χ1) is 10.5. The predicted octanol–water partition coefficient (Wildman–Crippen LogP) is 0.399. The fourth-order valence-electron chi connectivity index (χ4n) is 2.95. The Balaban J connectivity index is 1.87. The molecule has 1 N–H and O–H groups in total. The Morgan fingerprint density at radius 3 is 2.95 bits per heavy atom. The first-order valence-electron chi connectivity index (χ1n) is 7.23. The number of nitrogens with zero attached hydrogens (tertiary/aromatic N) is 5. The molecule has 22 heavy (non-hydrogen) atoms. The number of methoxy groups -OCH3 is 1. The number of nitrogens with one attached hydrogen (secondary N) is 1. The summed E-state index contributed by atoms with van der Waals surface area (Å²) < 4.78 is 6.53. The molecule has 2 atom stereocenters. The van der Waals surface area contributed by atoms with Gasteiger partial charge in [0.2, 0.25) is 5.65 Å². The molecule has 0 aliphatic carbocycles. The van der Waals surface area contributed by atoms with Crippen molar-refractivity contribution in [2.45, 2.75) is 32.4 Å². The van der Waals surface area contributed by atoms with Crippen LogP contribution in [0, 0.1) is 13.8 Å². The summed E-state index contributed by atoms with van der Waals surface area (Å²) in [5.41, 5.74) is 3.59. The number of carbonyl (C=O) groups excluding carboxylic acids is 1. The number of fused-ring (bicyclic) bond motifs is 1. The third-order valence-electron chi connectivity index (χ3n) is 4.30. The summed E-state index contributed by atoms with van der Waals surface area (Å²) in [5.74, 6) is -0.193. The largest absolute Gasteiger partial charge is 0.468 e. The second-order valence-corrected chi connectivity index (χ2v) is 5.74. The van der Waals surface area contributed by atoms with E-state index in [9.17, 15) is 4.79 Å². The second-order valence-electron chi connectivity index (χ2n) is 5.74. The van der Waals surface area contributed by atoms with Crippen LogP contribution in [0.15, 0.2) is 6.33 Å². The molecule has 1 saturated heterocycles. The average molecular weight is 304 g/mol. The zero-order chi connectivity index (χ0) is 15.9. The van der Waals surface area contributed by atoms with E-state index in [2.05, 4.69) is 20.6 Å². The van der Waals surface area contributed by atoms with Gasteiger partial charge in [-0.15, -0.1) is 10.2 Å². The smallest absolute Gasteiger partial charge is 0.323 e. The molecule has 2 aromatic rings. The normalized spacial score (nSPS) is 22.2. The number of esters is 1. The maximum Gasteiger partial charge on any atom is 0.323 e. The molecule has 118 valence electrons. The van der Waals surface area contributed by atoms with Gasteiger partial charge in [-0.05, 0) is 32.9 Å². The molecule has 1 fully saturated rings. The Morgan fingerprint density at radius 2 is 2.23 bits per heavy atom. The first-order valence-corrected chi connectivity index (χ1v) is 7.23. The van der Waals surface area contributed by atoms with Crippen molar-refractivity contribution in [1.29, 1.82) is 0 Å². The molecule has 0 amide bonds. The van der Waals surface area contributed by atoms with Crippen LogP contribution in [0.5, 0.6) is 0 Å². The third kappa shape index (κ3) is 2.39. The lowest BCUT2D eigenvalue weighted by Crippen LogP contribution is -2.33. The number of aromatic nitrogens is 4. The van der Waals surface area contributed by atoms with Crippen molar-refractivity contribution in [2.24, 2.45) is 0 Å². The summed E-state index contributed by atoms with van der Waals surface area (Å²) in [7, 11) is 3.35. The topological polar surface area (TPSA) is 84.6 Å². The van der Waals surface area contributed by atoms with Crippen LogP contribution in [-0.2, 0) is 9.53 Å². The molecule has 3 rings (SSSR count). The van der Waals surface area contributed by atoms with Crippen LogP contribution in [0.1, 0.15) is 17.7 Å².